The molecule has 136 valence electrons. The number of rotatable bonds is 5. The minimum Gasteiger partial charge on any atom is -0.478 e. The Labute approximate surface area is 151 Å². The molecule has 3 heterocycles. The fourth-order valence-electron chi connectivity index (χ4n) is 3.83. The van der Waals surface area contributed by atoms with Gasteiger partial charge in [-0.3, -0.25) is 4.79 Å². The molecule has 2 saturated heterocycles. The fourth-order valence-corrected chi connectivity index (χ4v) is 3.83. The molecule has 1 unspecified atom stereocenters. The molecule has 1 amide bonds. The fraction of sp³-hybridized carbons (Fsp3) is 0.400. The second kappa shape index (κ2) is 7.03. The van der Waals surface area contributed by atoms with Gasteiger partial charge in [-0.05, 0) is 37.0 Å². The van der Waals surface area contributed by atoms with Crippen LogP contribution < -0.4 is 4.74 Å². The number of amides is 1. The maximum Gasteiger partial charge on any atom is 0.257 e. The molecule has 0 N–H and O–H groups in total. The van der Waals surface area contributed by atoms with E-state index in [2.05, 4.69) is 4.98 Å². The van der Waals surface area contributed by atoms with Crippen molar-refractivity contribution >= 4 is 5.91 Å². The van der Waals surface area contributed by atoms with Gasteiger partial charge in [-0.2, -0.15) is 0 Å². The lowest BCUT2D eigenvalue weighted by atomic mass is 9.79. The molecule has 1 aromatic heterocycles. The van der Waals surface area contributed by atoms with Crippen LogP contribution in [0.25, 0.3) is 0 Å². The van der Waals surface area contributed by atoms with Crippen LogP contribution in [0.4, 0.5) is 4.39 Å². The lowest BCUT2D eigenvalue weighted by molar-refractivity contribution is -0.119. The molecule has 2 aromatic rings. The Balaban J connectivity index is 1.33. The number of hydrogen-bond acceptors (Lipinski definition) is 4. The van der Waals surface area contributed by atoms with Gasteiger partial charge < -0.3 is 14.4 Å². The first-order chi connectivity index (χ1) is 12.7. The van der Waals surface area contributed by atoms with Crippen LogP contribution in [0.15, 0.2) is 48.7 Å². The molecular formula is C20H21FN2O3. The summed E-state index contributed by atoms with van der Waals surface area (Å²) in [6.07, 6.45) is 3.50. The van der Waals surface area contributed by atoms with Crippen molar-refractivity contribution in [3.05, 3.63) is 60.0 Å². The van der Waals surface area contributed by atoms with Gasteiger partial charge in [0.1, 0.15) is 11.4 Å². The van der Waals surface area contributed by atoms with Gasteiger partial charge in [-0.25, -0.2) is 9.37 Å². The second-order valence-electron chi connectivity index (χ2n) is 6.85. The zero-order valence-corrected chi connectivity index (χ0v) is 14.4. The van der Waals surface area contributed by atoms with E-state index in [4.69, 9.17) is 9.47 Å². The van der Waals surface area contributed by atoms with Crippen LogP contribution in [-0.2, 0) is 4.74 Å². The lowest BCUT2D eigenvalue weighted by Gasteiger charge is -2.50. The van der Waals surface area contributed by atoms with Crippen molar-refractivity contribution in [2.45, 2.75) is 18.4 Å². The number of pyridine rings is 1. The molecular weight excluding hydrogens is 335 g/mol. The number of carbonyl (C=O) groups is 1. The van der Waals surface area contributed by atoms with Crippen molar-refractivity contribution in [3.8, 4) is 5.88 Å². The quantitative estimate of drug-likeness (QED) is 0.827. The normalized spacial score (nSPS) is 20.8. The smallest absolute Gasteiger partial charge is 0.257 e. The maximum atomic E-state index is 13.8. The van der Waals surface area contributed by atoms with Crippen molar-refractivity contribution in [1.29, 1.82) is 0 Å². The zero-order chi connectivity index (χ0) is 18.0. The molecule has 0 radical (unpaired) electrons. The topological polar surface area (TPSA) is 51.7 Å². The van der Waals surface area contributed by atoms with E-state index in [1.165, 1.54) is 12.1 Å². The Morgan fingerprint density at radius 2 is 2.08 bits per heavy atom. The Bertz CT molecular complexity index is 778. The van der Waals surface area contributed by atoms with E-state index in [1.54, 1.807) is 23.2 Å². The third-order valence-electron chi connectivity index (χ3n) is 5.26. The number of ether oxygens (including phenoxy) is 2. The number of aromatic nitrogens is 1. The van der Waals surface area contributed by atoms with Gasteiger partial charge in [0.2, 0.25) is 5.88 Å². The highest BCUT2D eigenvalue weighted by Gasteiger charge is 2.54. The van der Waals surface area contributed by atoms with Crippen LogP contribution in [0.5, 0.6) is 5.88 Å². The van der Waals surface area contributed by atoms with Gasteiger partial charge in [0.15, 0.2) is 0 Å². The summed E-state index contributed by atoms with van der Waals surface area (Å²) in [5, 5.41) is 0. The summed E-state index contributed by atoms with van der Waals surface area (Å²) >= 11 is 0. The van der Waals surface area contributed by atoms with E-state index >= 15 is 0 Å². The first kappa shape index (κ1) is 17.0. The standard InChI is InChI=1S/C20H21FN2O3/c21-17-6-2-1-5-16(17)19(24)23-13-20(14-23)15(9-12-26-20)8-11-25-18-7-3-4-10-22-18/h1-7,10,15H,8-9,11-14H2. The summed E-state index contributed by atoms with van der Waals surface area (Å²) in [5.41, 5.74) is -0.190. The van der Waals surface area contributed by atoms with Crippen LogP contribution in [0.1, 0.15) is 23.2 Å². The SMILES string of the molecule is O=C(c1ccccc1F)N1CC2(C1)OCCC2CCOc1ccccn1. The maximum absolute atomic E-state index is 13.8. The number of halogens is 1. The van der Waals surface area contributed by atoms with Gasteiger partial charge in [-0.1, -0.05) is 18.2 Å². The van der Waals surface area contributed by atoms with Crippen molar-refractivity contribution in [2.24, 2.45) is 5.92 Å². The minimum absolute atomic E-state index is 0.121. The lowest BCUT2D eigenvalue weighted by Crippen LogP contribution is -2.66. The largest absolute Gasteiger partial charge is 0.478 e. The molecule has 6 heteroatoms. The molecule has 26 heavy (non-hydrogen) atoms. The summed E-state index contributed by atoms with van der Waals surface area (Å²) in [6, 6.07) is 11.7. The predicted octanol–water partition coefficient (Wildman–Crippen LogP) is 2.92. The van der Waals surface area contributed by atoms with E-state index in [0.717, 1.165) is 12.8 Å². The van der Waals surface area contributed by atoms with E-state index in [1.807, 2.05) is 18.2 Å². The van der Waals surface area contributed by atoms with E-state index in [0.29, 0.717) is 38.1 Å². The summed E-state index contributed by atoms with van der Waals surface area (Å²) in [6.45, 7) is 2.27. The molecule has 0 aliphatic carbocycles. The minimum atomic E-state index is -0.480. The second-order valence-corrected chi connectivity index (χ2v) is 6.85. The highest BCUT2D eigenvalue weighted by Crippen LogP contribution is 2.42. The Morgan fingerprint density at radius 3 is 2.85 bits per heavy atom. The molecule has 2 aliphatic heterocycles. The van der Waals surface area contributed by atoms with Gasteiger partial charge >= 0.3 is 0 Å². The van der Waals surface area contributed by atoms with Crippen molar-refractivity contribution < 1.29 is 18.7 Å². The van der Waals surface area contributed by atoms with Gasteiger partial charge in [0.25, 0.3) is 5.91 Å². The number of hydrogen-bond donors (Lipinski definition) is 0. The first-order valence-corrected chi connectivity index (χ1v) is 8.89. The van der Waals surface area contributed by atoms with Crippen LogP contribution in [0.3, 0.4) is 0 Å². The summed E-state index contributed by atoms with van der Waals surface area (Å²) in [5.74, 6) is 0.195. The summed E-state index contributed by atoms with van der Waals surface area (Å²) in [4.78, 5) is 18.3. The van der Waals surface area contributed by atoms with Crippen molar-refractivity contribution in [3.63, 3.8) is 0 Å². The van der Waals surface area contributed by atoms with E-state index in [9.17, 15) is 9.18 Å². The first-order valence-electron chi connectivity index (χ1n) is 8.89. The highest BCUT2D eigenvalue weighted by molar-refractivity contribution is 5.95. The van der Waals surface area contributed by atoms with E-state index in [-0.39, 0.29) is 17.1 Å². The molecule has 5 nitrogen and oxygen atoms in total. The van der Waals surface area contributed by atoms with Crippen LogP contribution in [0, 0.1) is 11.7 Å². The summed E-state index contributed by atoms with van der Waals surface area (Å²) < 4.78 is 25.5. The molecule has 1 spiro atoms. The van der Waals surface area contributed by atoms with E-state index < -0.39 is 5.82 Å². The third kappa shape index (κ3) is 3.17. The highest BCUT2D eigenvalue weighted by atomic mass is 19.1. The molecule has 4 rings (SSSR count). The number of carbonyl (C=O) groups excluding carboxylic acids is 1. The van der Waals surface area contributed by atoms with Gasteiger partial charge in [-0.15, -0.1) is 0 Å². The number of nitrogens with zero attached hydrogens (tertiary/aromatic N) is 2. The molecule has 2 fully saturated rings. The van der Waals surface area contributed by atoms with Crippen LogP contribution >= 0.6 is 0 Å². The Hall–Kier alpha value is -2.47. The molecule has 1 aromatic carbocycles. The Morgan fingerprint density at radius 1 is 1.27 bits per heavy atom. The molecule has 0 bridgehead atoms. The average molecular weight is 356 g/mol. The van der Waals surface area contributed by atoms with Crippen LogP contribution in [0.2, 0.25) is 0 Å². The molecule has 2 aliphatic rings. The average Bonchev–Trinajstić information content (AvgIpc) is 3.05. The zero-order valence-electron chi connectivity index (χ0n) is 14.4. The van der Waals surface area contributed by atoms with Crippen molar-refractivity contribution in [2.75, 3.05) is 26.3 Å². The number of benzene rings is 1. The monoisotopic (exact) mass is 356 g/mol. The van der Waals surface area contributed by atoms with Gasteiger partial charge in [0.05, 0.1) is 25.3 Å². The molecule has 1 atom stereocenters. The van der Waals surface area contributed by atoms with Crippen LogP contribution in [-0.4, -0.2) is 47.7 Å². The Kier molecular flexibility index (Phi) is 4.59. The summed E-state index contributed by atoms with van der Waals surface area (Å²) in [7, 11) is 0. The number of likely N-dealkylation sites (tertiary alicyclic amines) is 1. The predicted molar refractivity (Wildman–Crippen MR) is 93.4 cm³/mol. The van der Waals surface area contributed by atoms with Gasteiger partial charge in [0, 0.05) is 18.9 Å². The third-order valence-corrected chi connectivity index (χ3v) is 5.26. The van der Waals surface area contributed by atoms with Crippen molar-refractivity contribution in [1.82, 2.24) is 9.88 Å². The molecule has 0 saturated carbocycles.